The summed E-state index contributed by atoms with van der Waals surface area (Å²) in [5, 5.41) is 3.38. The number of rotatable bonds is 8. The fourth-order valence-electron chi connectivity index (χ4n) is 3.29. The second kappa shape index (κ2) is 11.2. The Labute approximate surface area is 198 Å². The van der Waals surface area contributed by atoms with Crippen LogP contribution in [-0.2, 0) is 17.9 Å². The maximum absolute atomic E-state index is 13.4. The highest BCUT2D eigenvalue weighted by Crippen LogP contribution is 2.20. The first-order chi connectivity index (χ1) is 15.3. The van der Waals surface area contributed by atoms with Crippen LogP contribution < -0.4 is 5.32 Å². The van der Waals surface area contributed by atoms with Gasteiger partial charge in [0.1, 0.15) is 6.54 Å². The Bertz CT molecular complexity index is 1050. The highest BCUT2D eigenvalue weighted by Gasteiger charge is 2.24. The highest BCUT2D eigenvalue weighted by atomic mass is 35.5. The van der Waals surface area contributed by atoms with E-state index in [-0.39, 0.29) is 24.5 Å². The Morgan fingerprint density at radius 2 is 1.75 bits per heavy atom. The van der Waals surface area contributed by atoms with E-state index in [1.807, 2.05) is 49.1 Å². The number of carbonyl (C=O) groups excluding carboxylic acids is 2. The van der Waals surface area contributed by atoms with Crippen molar-refractivity contribution in [1.29, 1.82) is 0 Å². The predicted molar refractivity (Wildman–Crippen MR) is 132 cm³/mol. The molecule has 0 aliphatic heterocycles. The lowest BCUT2D eigenvalue weighted by Crippen LogP contribution is -2.47. The summed E-state index contributed by atoms with van der Waals surface area (Å²) in [7, 11) is 0. The number of benzene rings is 2. The minimum absolute atomic E-state index is 0.0126. The number of thiophene rings is 1. The SMILES string of the molecule is Cc1ccc(CN(Cc2ccccc2)C(=O)CN(C(=O)Nc2cccc(Cl)c2)C(C)C)s1. The molecule has 1 N–H and O–H groups in total. The van der Waals surface area contributed by atoms with Gasteiger partial charge in [0.05, 0.1) is 6.54 Å². The lowest BCUT2D eigenvalue weighted by molar-refractivity contribution is -0.133. The molecule has 0 aliphatic carbocycles. The maximum atomic E-state index is 13.4. The van der Waals surface area contributed by atoms with Crippen LogP contribution in [0.4, 0.5) is 10.5 Å². The molecule has 168 valence electrons. The van der Waals surface area contributed by atoms with Gasteiger partial charge in [-0.05, 0) is 56.7 Å². The fraction of sp³-hybridized carbons (Fsp3) is 0.280. The van der Waals surface area contributed by atoms with Crippen molar-refractivity contribution in [2.24, 2.45) is 0 Å². The van der Waals surface area contributed by atoms with E-state index in [2.05, 4.69) is 24.4 Å². The Hall–Kier alpha value is -2.83. The van der Waals surface area contributed by atoms with Gasteiger partial charge < -0.3 is 15.1 Å². The lowest BCUT2D eigenvalue weighted by atomic mass is 10.2. The van der Waals surface area contributed by atoms with Crippen LogP contribution in [0.3, 0.4) is 0 Å². The van der Waals surface area contributed by atoms with Crippen molar-refractivity contribution in [2.75, 3.05) is 11.9 Å². The number of anilines is 1. The third kappa shape index (κ3) is 6.84. The largest absolute Gasteiger partial charge is 0.332 e. The molecule has 0 radical (unpaired) electrons. The molecule has 1 heterocycles. The first-order valence-corrected chi connectivity index (χ1v) is 11.7. The first kappa shape index (κ1) is 23.8. The van der Waals surface area contributed by atoms with Gasteiger partial charge in [-0.25, -0.2) is 4.79 Å². The molecule has 0 bridgehead atoms. The molecule has 0 spiro atoms. The molecule has 32 heavy (non-hydrogen) atoms. The molecule has 0 saturated carbocycles. The van der Waals surface area contributed by atoms with E-state index in [1.165, 1.54) is 4.88 Å². The van der Waals surface area contributed by atoms with E-state index >= 15 is 0 Å². The Morgan fingerprint density at radius 1 is 1.00 bits per heavy atom. The Morgan fingerprint density at radius 3 is 2.38 bits per heavy atom. The zero-order valence-corrected chi connectivity index (χ0v) is 20.1. The molecule has 0 atom stereocenters. The maximum Gasteiger partial charge on any atom is 0.322 e. The minimum Gasteiger partial charge on any atom is -0.332 e. The fourth-order valence-corrected chi connectivity index (χ4v) is 4.39. The Balaban J connectivity index is 1.75. The van der Waals surface area contributed by atoms with Crippen molar-refractivity contribution < 1.29 is 9.59 Å². The Kier molecular flexibility index (Phi) is 8.31. The molecule has 3 rings (SSSR count). The molecule has 5 nitrogen and oxygen atoms in total. The van der Waals surface area contributed by atoms with Crippen LogP contribution in [0, 0.1) is 6.92 Å². The summed E-state index contributed by atoms with van der Waals surface area (Å²) in [6.07, 6.45) is 0. The van der Waals surface area contributed by atoms with Gasteiger partial charge in [0.2, 0.25) is 5.91 Å². The van der Waals surface area contributed by atoms with Crippen LogP contribution in [0.1, 0.15) is 29.2 Å². The monoisotopic (exact) mass is 469 g/mol. The van der Waals surface area contributed by atoms with Crippen LogP contribution in [-0.4, -0.2) is 34.3 Å². The van der Waals surface area contributed by atoms with Crippen molar-refractivity contribution in [2.45, 2.75) is 39.9 Å². The first-order valence-electron chi connectivity index (χ1n) is 10.5. The second-order valence-electron chi connectivity index (χ2n) is 7.91. The number of hydrogen-bond donors (Lipinski definition) is 1. The number of nitrogens with zero attached hydrogens (tertiary/aromatic N) is 2. The number of nitrogens with one attached hydrogen (secondary N) is 1. The lowest BCUT2D eigenvalue weighted by Gasteiger charge is -2.30. The third-order valence-corrected chi connectivity index (χ3v) is 6.20. The topological polar surface area (TPSA) is 52.7 Å². The molecule has 0 aliphatic rings. The van der Waals surface area contributed by atoms with Crippen molar-refractivity contribution in [3.8, 4) is 0 Å². The van der Waals surface area contributed by atoms with Crippen LogP contribution in [0.2, 0.25) is 5.02 Å². The number of aryl methyl sites for hydroxylation is 1. The van der Waals surface area contributed by atoms with Gasteiger partial charge in [0, 0.05) is 33.1 Å². The van der Waals surface area contributed by atoms with Gasteiger partial charge >= 0.3 is 6.03 Å². The average molecular weight is 470 g/mol. The molecule has 7 heteroatoms. The summed E-state index contributed by atoms with van der Waals surface area (Å²) in [5.41, 5.74) is 1.64. The molecular weight excluding hydrogens is 442 g/mol. The van der Waals surface area contributed by atoms with Gasteiger partial charge in [-0.3, -0.25) is 4.79 Å². The number of urea groups is 1. The van der Waals surface area contributed by atoms with E-state index in [0.29, 0.717) is 23.8 Å². The number of carbonyl (C=O) groups is 2. The van der Waals surface area contributed by atoms with Gasteiger partial charge in [-0.2, -0.15) is 0 Å². The molecular formula is C25H28ClN3O2S. The summed E-state index contributed by atoms with van der Waals surface area (Å²) < 4.78 is 0. The van der Waals surface area contributed by atoms with Gasteiger partial charge in [0.25, 0.3) is 0 Å². The van der Waals surface area contributed by atoms with E-state index in [4.69, 9.17) is 11.6 Å². The third-order valence-electron chi connectivity index (χ3n) is 4.98. The molecule has 0 fully saturated rings. The summed E-state index contributed by atoms with van der Waals surface area (Å²) in [4.78, 5) is 32.0. The standard InChI is InChI=1S/C25H28ClN3O2S/c1-18(2)29(25(31)27-22-11-7-10-21(26)14-22)17-24(30)28(15-20-8-5-4-6-9-20)16-23-13-12-19(3)32-23/h4-14,18H,15-17H2,1-3H3,(H,27,31). The summed E-state index contributed by atoms with van der Waals surface area (Å²) in [6, 6.07) is 20.5. The van der Waals surface area contributed by atoms with Crippen LogP contribution in [0.15, 0.2) is 66.7 Å². The molecule has 0 saturated heterocycles. The van der Waals surface area contributed by atoms with E-state index in [0.717, 1.165) is 10.4 Å². The van der Waals surface area contributed by atoms with Crippen LogP contribution in [0.5, 0.6) is 0 Å². The van der Waals surface area contributed by atoms with Crippen molar-refractivity contribution in [1.82, 2.24) is 9.80 Å². The number of amides is 3. The quantitative estimate of drug-likeness (QED) is 0.428. The zero-order chi connectivity index (χ0) is 23.1. The van der Waals surface area contributed by atoms with E-state index in [9.17, 15) is 9.59 Å². The molecule has 2 aromatic carbocycles. The summed E-state index contributed by atoms with van der Waals surface area (Å²) in [6.45, 7) is 6.83. The number of hydrogen-bond acceptors (Lipinski definition) is 3. The highest BCUT2D eigenvalue weighted by molar-refractivity contribution is 7.11. The minimum atomic E-state index is -0.331. The molecule has 3 amide bonds. The van der Waals surface area contributed by atoms with E-state index < -0.39 is 0 Å². The van der Waals surface area contributed by atoms with Crippen LogP contribution in [0.25, 0.3) is 0 Å². The molecule has 0 unspecified atom stereocenters. The second-order valence-corrected chi connectivity index (χ2v) is 9.72. The summed E-state index contributed by atoms with van der Waals surface area (Å²) in [5.74, 6) is -0.102. The van der Waals surface area contributed by atoms with Crippen molar-refractivity contribution in [3.63, 3.8) is 0 Å². The normalized spacial score (nSPS) is 10.8. The van der Waals surface area contributed by atoms with Gasteiger partial charge in [0.15, 0.2) is 0 Å². The van der Waals surface area contributed by atoms with Crippen molar-refractivity contribution in [3.05, 3.63) is 87.1 Å². The average Bonchev–Trinajstić information content (AvgIpc) is 3.16. The molecule has 1 aromatic heterocycles. The van der Waals surface area contributed by atoms with Gasteiger partial charge in [-0.15, -0.1) is 11.3 Å². The van der Waals surface area contributed by atoms with E-state index in [1.54, 1.807) is 40.5 Å². The smallest absolute Gasteiger partial charge is 0.322 e. The van der Waals surface area contributed by atoms with Crippen molar-refractivity contribution >= 4 is 40.6 Å². The zero-order valence-electron chi connectivity index (χ0n) is 18.5. The van der Waals surface area contributed by atoms with Gasteiger partial charge in [-0.1, -0.05) is 48.0 Å². The predicted octanol–water partition coefficient (Wildman–Crippen LogP) is 6.18. The molecule has 3 aromatic rings. The van der Waals surface area contributed by atoms with Crippen LogP contribution >= 0.6 is 22.9 Å². The number of halogens is 1. The summed E-state index contributed by atoms with van der Waals surface area (Å²) >= 11 is 7.71.